The van der Waals surface area contributed by atoms with Gasteiger partial charge >= 0.3 is 5.71 Å². The van der Waals surface area contributed by atoms with Crippen molar-refractivity contribution in [2.24, 2.45) is 0 Å². The van der Waals surface area contributed by atoms with Gasteiger partial charge in [0.15, 0.2) is 0 Å². The molecule has 3 nitrogen and oxygen atoms in total. The molecule has 0 aromatic heterocycles. The third-order valence-corrected chi connectivity index (χ3v) is 3.36. The van der Waals surface area contributed by atoms with Crippen LogP contribution >= 0.6 is 9.24 Å². The highest BCUT2D eigenvalue weighted by molar-refractivity contribution is 7.18. The molecule has 0 aliphatic carbocycles. The Balaban J connectivity index is 1.85. The van der Waals surface area contributed by atoms with Crippen molar-refractivity contribution >= 4 is 9.24 Å². The van der Waals surface area contributed by atoms with E-state index in [1.165, 1.54) is 0 Å². The van der Waals surface area contributed by atoms with Gasteiger partial charge in [-0.3, -0.25) is 0 Å². The molecule has 0 radical (unpaired) electrons. The van der Waals surface area contributed by atoms with Crippen LogP contribution in [0.25, 0.3) is 0 Å². The van der Waals surface area contributed by atoms with Crippen LogP contribution in [0.1, 0.15) is 0 Å². The lowest BCUT2D eigenvalue weighted by Crippen LogP contribution is -2.41. The van der Waals surface area contributed by atoms with E-state index in [9.17, 15) is 0 Å². The molecule has 3 rings (SSSR count). The Morgan fingerprint density at radius 3 is 1.00 bits per heavy atom. The predicted octanol–water partition coefficient (Wildman–Crippen LogP) is 4.71. The van der Waals surface area contributed by atoms with Crippen LogP contribution in [-0.2, 0) is 0 Å². The summed E-state index contributed by atoms with van der Waals surface area (Å²) in [6.45, 7) is 0. The second-order valence-corrected chi connectivity index (χ2v) is 5.56. The molecule has 116 valence electrons. The van der Waals surface area contributed by atoms with Gasteiger partial charge in [0.2, 0.25) is 0 Å². The molecule has 0 spiro atoms. The zero-order valence-corrected chi connectivity index (χ0v) is 13.6. The fraction of sp³-hybridized carbons (Fsp3) is 0.0526. The maximum Gasteiger partial charge on any atom is 0.427 e. The molecule has 1 unspecified atom stereocenters. The minimum Gasteiger partial charge on any atom is -0.418 e. The van der Waals surface area contributed by atoms with Gasteiger partial charge in [0, 0.05) is 9.24 Å². The molecule has 3 aromatic carbocycles. The van der Waals surface area contributed by atoms with Crippen LogP contribution in [0.4, 0.5) is 0 Å². The Morgan fingerprint density at radius 2 is 0.739 bits per heavy atom. The van der Waals surface area contributed by atoms with Crippen molar-refractivity contribution in [2.45, 2.75) is 5.71 Å². The van der Waals surface area contributed by atoms with E-state index in [4.69, 9.17) is 14.2 Å². The number of rotatable bonds is 6. The molecule has 3 aromatic rings. The zero-order valence-electron chi connectivity index (χ0n) is 12.5. The summed E-state index contributed by atoms with van der Waals surface area (Å²) in [6.07, 6.45) is 0. The van der Waals surface area contributed by atoms with Crippen molar-refractivity contribution in [1.82, 2.24) is 0 Å². The number of hydrogen-bond donors (Lipinski definition) is 0. The van der Waals surface area contributed by atoms with Gasteiger partial charge in [-0.05, 0) is 36.4 Å². The lowest BCUT2D eigenvalue weighted by atomic mass is 10.3. The standard InChI is InChI=1S/C19H17O3P/c23-19(20-16-10-4-1-5-11-16,21-17-12-6-2-7-13-17)22-18-14-8-3-9-15-18/h1-15H,23H2. The van der Waals surface area contributed by atoms with Crippen molar-refractivity contribution in [2.75, 3.05) is 0 Å². The van der Waals surface area contributed by atoms with Crippen molar-refractivity contribution in [1.29, 1.82) is 0 Å². The van der Waals surface area contributed by atoms with Gasteiger partial charge in [-0.25, -0.2) is 0 Å². The van der Waals surface area contributed by atoms with E-state index >= 15 is 0 Å². The minimum atomic E-state index is -1.37. The van der Waals surface area contributed by atoms with E-state index in [0.717, 1.165) is 0 Å². The molecule has 0 saturated carbocycles. The van der Waals surface area contributed by atoms with Crippen LogP contribution in [-0.4, -0.2) is 5.71 Å². The average Bonchev–Trinajstić information content (AvgIpc) is 2.57. The first-order valence-electron chi connectivity index (χ1n) is 7.25. The van der Waals surface area contributed by atoms with Gasteiger partial charge in [0.1, 0.15) is 17.2 Å². The van der Waals surface area contributed by atoms with E-state index in [1.54, 1.807) is 0 Å². The summed E-state index contributed by atoms with van der Waals surface area (Å²) < 4.78 is 17.8. The molecule has 0 N–H and O–H groups in total. The lowest BCUT2D eigenvalue weighted by Gasteiger charge is -2.30. The highest BCUT2D eigenvalue weighted by atomic mass is 31.0. The SMILES string of the molecule is PC(Oc1ccccc1)(Oc1ccccc1)Oc1ccccc1. The average molecular weight is 324 g/mol. The summed E-state index contributed by atoms with van der Waals surface area (Å²) in [5.74, 6) is 1.94. The van der Waals surface area contributed by atoms with E-state index in [1.807, 2.05) is 91.0 Å². The molecule has 1 atom stereocenters. The normalized spacial score (nSPS) is 10.8. The topological polar surface area (TPSA) is 27.7 Å². The molecule has 0 bridgehead atoms. The third kappa shape index (κ3) is 4.48. The number of hydrogen-bond acceptors (Lipinski definition) is 3. The predicted molar refractivity (Wildman–Crippen MR) is 93.7 cm³/mol. The number of para-hydroxylation sites is 3. The summed E-state index contributed by atoms with van der Waals surface area (Å²) >= 11 is 0. The van der Waals surface area contributed by atoms with Crippen LogP contribution in [0.5, 0.6) is 17.2 Å². The van der Waals surface area contributed by atoms with Crippen molar-refractivity contribution in [3.8, 4) is 17.2 Å². The molecule has 0 amide bonds. The summed E-state index contributed by atoms with van der Waals surface area (Å²) in [7, 11) is 2.50. The van der Waals surface area contributed by atoms with Gasteiger partial charge in [0.05, 0.1) is 0 Å². The molecular weight excluding hydrogens is 307 g/mol. The van der Waals surface area contributed by atoms with E-state index in [2.05, 4.69) is 9.24 Å². The van der Waals surface area contributed by atoms with E-state index < -0.39 is 5.71 Å². The first kappa shape index (κ1) is 15.4. The second kappa shape index (κ2) is 7.17. The van der Waals surface area contributed by atoms with Crippen molar-refractivity contribution in [3.63, 3.8) is 0 Å². The molecule has 0 saturated heterocycles. The van der Waals surface area contributed by atoms with Crippen LogP contribution < -0.4 is 14.2 Å². The fourth-order valence-corrected chi connectivity index (χ4v) is 2.43. The lowest BCUT2D eigenvalue weighted by molar-refractivity contribution is -0.176. The molecule has 0 aliphatic rings. The zero-order chi connectivity index (χ0) is 16.0. The van der Waals surface area contributed by atoms with Crippen LogP contribution in [0, 0.1) is 0 Å². The molecule has 23 heavy (non-hydrogen) atoms. The van der Waals surface area contributed by atoms with Gasteiger partial charge in [0.25, 0.3) is 0 Å². The van der Waals surface area contributed by atoms with Crippen LogP contribution in [0.2, 0.25) is 0 Å². The number of benzene rings is 3. The quantitative estimate of drug-likeness (QED) is 0.485. The summed E-state index contributed by atoms with van der Waals surface area (Å²) in [4.78, 5) is 0. The van der Waals surface area contributed by atoms with E-state index in [-0.39, 0.29) is 0 Å². The Labute approximate surface area is 138 Å². The Morgan fingerprint density at radius 1 is 0.478 bits per heavy atom. The largest absolute Gasteiger partial charge is 0.427 e. The van der Waals surface area contributed by atoms with Crippen molar-refractivity contribution in [3.05, 3.63) is 91.0 Å². The Bertz CT molecular complexity index is 616. The van der Waals surface area contributed by atoms with Gasteiger partial charge in [-0.2, -0.15) is 0 Å². The summed E-state index contributed by atoms with van der Waals surface area (Å²) in [5.41, 5.74) is -1.37. The third-order valence-electron chi connectivity index (χ3n) is 3.01. The second-order valence-electron chi connectivity index (χ2n) is 4.85. The fourth-order valence-electron chi connectivity index (χ4n) is 2.02. The minimum absolute atomic E-state index is 0.648. The molecular formula is C19H17O3P. The smallest absolute Gasteiger partial charge is 0.418 e. The highest BCUT2D eigenvalue weighted by Crippen LogP contribution is 2.30. The molecule has 0 fully saturated rings. The first-order chi connectivity index (χ1) is 11.2. The van der Waals surface area contributed by atoms with Gasteiger partial charge < -0.3 is 14.2 Å². The Hall–Kier alpha value is -2.51. The summed E-state index contributed by atoms with van der Waals surface area (Å²) in [6, 6.07) is 28.2. The molecule has 4 heteroatoms. The van der Waals surface area contributed by atoms with E-state index in [0.29, 0.717) is 17.2 Å². The maximum atomic E-state index is 5.93. The first-order valence-corrected chi connectivity index (χ1v) is 7.82. The molecule has 0 aliphatic heterocycles. The van der Waals surface area contributed by atoms with Gasteiger partial charge in [-0.15, -0.1) is 0 Å². The van der Waals surface area contributed by atoms with Crippen LogP contribution in [0.15, 0.2) is 91.0 Å². The highest BCUT2D eigenvalue weighted by Gasteiger charge is 2.32. The van der Waals surface area contributed by atoms with Crippen LogP contribution in [0.3, 0.4) is 0 Å². The maximum absolute atomic E-state index is 5.93. The van der Waals surface area contributed by atoms with Crippen molar-refractivity contribution < 1.29 is 14.2 Å². The molecule has 0 heterocycles. The number of ether oxygens (including phenoxy) is 3. The van der Waals surface area contributed by atoms with Gasteiger partial charge in [-0.1, -0.05) is 54.6 Å². The Kier molecular flexibility index (Phi) is 4.80. The summed E-state index contributed by atoms with van der Waals surface area (Å²) in [5, 5.41) is 0. The monoisotopic (exact) mass is 324 g/mol.